The molecule has 0 fully saturated rings. The fourth-order valence-electron chi connectivity index (χ4n) is 1.74. The van der Waals surface area contributed by atoms with E-state index in [1.165, 1.54) is 36.0 Å². The molecule has 0 radical (unpaired) electrons. The number of rotatable bonds is 3. The Hall–Kier alpha value is -2.24. The van der Waals surface area contributed by atoms with Gasteiger partial charge in [-0.1, -0.05) is 24.3 Å². The maximum absolute atomic E-state index is 12.9. The van der Waals surface area contributed by atoms with Crippen LogP contribution in [0.2, 0.25) is 0 Å². The lowest BCUT2D eigenvalue weighted by Gasteiger charge is -2.08. The first-order valence-electron chi connectivity index (χ1n) is 5.15. The summed E-state index contributed by atoms with van der Waals surface area (Å²) in [5, 5.41) is 12.6. The van der Waals surface area contributed by atoms with Crippen molar-refractivity contribution in [2.75, 3.05) is 0 Å². The van der Waals surface area contributed by atoms with Crippen LogP contribution in [-0.4, -0.2) is 20.9 Å². The SMILES string of the molecule is Cn1nc(C(=O)O)cc1-c1ccccc1C(F)F. The molecule has 1 heterocycles. The third-order valence-electron chi connectivity index (χ3n) is 2.57. The highest BCUT2D eigenvalue weighted by Crippen LogP contribution is 2.30. The molecule has 18 heavy (non-hydrogen) atoms. The van der Waals surface area contributed by atoms with Gasteiger partial charge in [0.05, 0.1) is 5.69 Å². The van der Waals surface area contributed by atoms with Crippen LogP contribution in [0.1, 0.15) is 22.5 Å². The van der Waals surface area contributed by atoms with Gasteiger partial charge in [-0.3, -0.25) is 4.68 Å². The predicted molar refractivity (Wildman–Crippen MR) is 60.6 cm³/mol. The van der Waals surface area contributed by atoms with Crippen molar-refractivity contribution in [1.29, 1.82) is 0 Å². The fraction of sp³-hybridized carbons (Fsp3) is 0.167. The van der Waals surface area contributed by atoms with Crippen molar-refractivity contribution in [3.8, 4) is 11.3 Å². The molecule has 0 atom stereocenters. The maximum Gasteiger partial charge on any atom is 0.356 e. The minimum absolute atomic E-state index is 0.141. The number of alkyl halides is 2. The van der Waals surface area contributed by atoms with E-state index in [1.807, 2.05) is 0 Å². The number of carboxylic acids is 1. The summed E-state index contributed by atoms with van der Waals surface area (Å²) in [5.74, 6) is -1.19. The molecule has 2 rings (SSSR count). The van der Waals surface area contributed by atoms with Gasteiger partial charge in [-0.15, -0.1) is 0 Å². The monoisotopic (exact) mass is 252 g/mol. The molecule has 0 saturated carbocycles. The molecule has 0 aliphatic heterocycles. The van der Waals surface area contributed by atoms with E-state index in [-0.39, 0.29) is 16.8 Å². The first-order valence-corrected chi connectivity index (χ1v) is 5.15. The molecule has 94 valence electrons. The molecular formula is C12H10F2N2O2. The highest BCUT2D eigenvalue weighted by atomic mass is 19.3. The Morgan fingerprint density at radius 2 is 2.06 bits per heavy atom. The number of halogens is 2. The van der Waals surface area contributed by atoms with Crippen LogP contribution in [0, 0.1) is 0 Å². The number of hydrogen-bond donors (Lipinski definition) is 1. The van der Waals surface area contributed by atoms with Gasteiger partial charge in [0.25, 0.3) is 6.43 Å². The molecule has 4 nitrogen and oxygen atoms in total. The van der Waals surface area contributed by atoms with Crippen molar-refractivity contribution >= 4 is 5.97 Å². The molecule has 0 spiro atoms. The van der Waals surface area contributed by atoms with Crippen molar-refractivity contribution in [3.05, 3.63) is 41.6 Å². The van der Waals surface area contributed by atoms with Crippen LogP contribution in [0.5, 0.6) is 0 Å². The zero-order valence-electron chi connectivity index (χ0n) is 9.47. The van der Waals surface area contributed by atoms with Crippen LogP contribution in [0.15, 0.2) is 30.3 Å². The van der Waals surface area contributed by atoms with Gasteiger partial charge >= 0.3 is 5.97 Å². The van der Waals surface area contributed by atoms with E-state index in [0.29, 0.717) is 5.69 Å². The maximum atomic E-state index is 12.9. The Labute approximate surface area is 101 Å². The number of aryl methyl sites for hydroxylation is 1. The van der Waals surface area contributed by atoms with Crippen molar-refractivity contribution in [2.45, 2.75) is 6.43 Å². The summed E-state index contributed by atoms with van der Waals surface area (Å²) in [6.07, 6.45) is -2.62. The topological polar surface area (TPSA) is 55.1 Å². The molecular weight excluding hydrogens is 242 g/mol. The molecule has 1 N–H and O–H groups in total. The molecule has 0 amide bonds. The molecule has 1 aromatic heterocycles. The van der Waals surface area contributed by atoms with Gasteiger partial charge in [-0.25, -0.2) is 13.6 Å². The summed E-state index contributed by atoms with van der Waals surface area (Å²) < 4.78 is 27.0. The largest absolute Gasteiger partial charge is 0.476 e. The number of nitrogens with zero attached hydrogens (tertiary/aromatic N) is 2. The van der Waals surface area contributed by atoms with Crippen LogP contribution < -0.4 is 0 Å². The zero-order chi connectivity index (χ0) is 13.3. The average Bonchev–Trinajstić information content (AvgIpc) is 2.71. The van der Waals surface area contributed by atoms with Crippen molar-refractivity contribution in [3.63, 3.8) is 0 Å². The third kappa shape index (κ3) is 2.09. The lowest BCUT2D eigenvalue weighted by molar-refractivity contribution is 0.0689. The van der Waals surface area contributed by atoms with Crippen LogP contribution in [0.3, 0.4) is 0 Å². The summed E-state index contributed by atoms with van der Waals surface area (Å²) in [6.45, 7) is 0. The predicted octanol–water partition coefficient (Wildman–Crippen LogP) is 2.72. The van der Waals surface area contributed by atoms with Gasteiger partial charge in [0, 0.05) is 18.2 Å². The summed E-state index contributed by atoms with van der Waals surface area (Å²) >= 11 is 0. The fourth-order valence-corrected chi connectivity index (χ4v) is 1.74. The molecule has 0 bridgehead atoms. The first kappa shape index (κ1) is 12.2. The molecule has 0 saturated heterocycles. The van der Waals surface area contributed by atoms with Crippen LogP contribution in [0.25, 0.3) is 11.3 Å². The second-order valence-electron chi connectivity index (χ2n) is 3.73. The quantitative estimate of drug-likeness (QED) is 0.913. The van der Waals surface area contributed by atoms with E-state index in [2.05, 4.69) is 5.10 Å². The summed E-state index contributed by atoms with van der Waals surface area (Å²) in [7, 11) is 1.52. The summed E-state index contributed by atoms with van der Waals surface area (Å²) in [5.41, 5.74) is 0.326. The van der Waals surface area contributed by atoms with Crippen molar-refractivity contribution in [1.82, 2.24) is 9.78 Å². The van der Waals surface area contributed by atoms with Crippen molar-refractivity contribution in [2.24, 2.45) is 7.05 Å². The highest BCUT2D eigenvalue weighted by Gasteiger charge is 2.18. The number of benzene rings is 1. The first-order chi connectivity index (χ1) is 8.50. The minimum atomic E-state index is -2.62. The van der Waals surface area contributed by atoms with Crippen LogP contribution >= 0.6 is 0 Å². The number of carbonyl (C=O) groups is 1. The van der Waals surface area contributed by atoms with E-state index < -0.39 is 12.4 Å². The Kier molecular flexibility index (Phi) is 3.10. The van der Waals surface area contributed by atoms with E-state index in [0.717, 1.165) is 0 Å². The van der Waals surface area contributed by atoms with E-state index >= 15 is 0 Å². The number of aromatic carboxylic acids is 1. The average molecular weight is 252 g/mol. The number of carboxylic acid groups (broad SMARTS) is 1. The standard InChI is InChI=1S/C12H10F2N2O2/c1-16-10(6-9(15-16)12(17)18)7-4-2-3-5-8(7)11(13)14/h2-6,11H,1H3,(H,17,18). The van der Waals surface area contributed by atoms with E-state index in [9.17, 15) is 13.6 Å². The molecule has 0 unspecified atom stereocenters. The lowest BCUT2D eigenvalue weighted by atomic mass is 10.0. The van der Waals surface area contributed by atoms with E-state index in [1.54, 1.807) is 6.07 Å². The Bertz CT molecular complexity index is 594. The Morgan fingerprint density at radius 1 is 1.39 bits per heavy atom. The van der Waals surface area contributed by atoms with Gasteiger partial charge < -0.3 is 5.11 Å². The van der Waals surface area contributed by atoms with E-state index in [4.69, 9.17) is 5.11 Å². The normalized spacial score (nSPS) is 10.9. The molecule has 1 aromatic carbocycles. The van der Waals surface area contributed by atoms with Crippen LogP contribution in [0.4, 0.5) is 8.78 Å². The number of aromatic nitrogens is 2. The van der Waals surface area contributed by atoms with Gasteiger partial charge in [0.15, 0.2) is 5.69 Å². The smallest absolute Gasteiger partial charge is 0.356 e. The van der Waals surface area contributed by atoms with Crippen LogP contribution in [-0.2, 0) is 7.05 Å². The highest BCUT2D eigenvalue weighted by molar-refractivity contribution is 5.87. The van der Waals surface area contributed by atoms with Gasteiger partial charge in [-0.05, 0) is 6.07 Å². The lowest BCUT2D eigenvalue weighted by Crippen LogP contribution is -2.00. The van der Waals surface area contributed by atoms with Gasteiger partial charge in [0.1, 0.15) is 0 Å². The third-order valence-corrected chi connectivity index (χ3v) is 2.57. The summed E-state index contributed by atoms with van der Waals surface area (Å²) in [6, 6.07) is 7.25. The Morgan fingerprint density at radius 3 is 2.61 bits per heavy atom. The molecule has 6 heteroatoms. The second-order valence-corrected chi connectivity index (χ2v) is 3.73. The number of hydrogen-bond acceptors (Lipinski definition) is 2. The zero-order valence-corrected chi connectivity index (χ0v) is 9.47. The van der Waals surface area contributed by atoms with Crippen molar-refractivity contribution < 1.29 is 18.7 Å². The molecule has 0 aliphatic rings. The minimum Gasteiger partial charge on any atom is -0.476 e. The molecule has 0 aliphatic carbocycles. The molecule has 2 aromatic rings. The summed E-state index contributed by atoms with van der Waals surface area (Å²) in [4.78, 5) is 10.8. The second kappa shape index (κ2) is 4.56. The Balaban J connectivity index is 2.58. The van der Waals surface area contributed by atoms with Gasteiger partial charge in [-0.2, -0.15) is 5.10 Å². The van der Waals surface area contributed by atoms with Gasteiger partial charge in [0.2, 0.25) is 0 Å².